The van der Waals surface area contributed by atoms with E-state index in [0.717, 1.165) is 60.2 Å². The zero-order valence-electron chi connectivity index (χ0n) is 18.9. The number of aryl methyl sites for hydroxylation is 2. The molecule has 2 aliphatic rings. The van der Waals surface area contributed by atoms with E-state index in [9.17, 15) is 9.90 Å². The third kappa shape index (κ3) is 4.63. The van der Waals surface area contributed by atoms with Crippen LogP contribution in [0.2, 0.25) is 0 Å². The molecule has 1 aliphatic carbocycles. The standard InChI is InChI=1S/C26H34N2O3/c1-18-7-8-19(2)23(16-18)27-24(29)17-28-15-14-26(30)13-5-4-6-22(26)25(28)20-9-11-21(31-3)12-10-20/h7-12,16,22,25,30H,4-6,13-15,17H2,1-3H3,(H,27,29)/t22-,25-,26-/m1/s1. The van der Waals surface area contributed by atoms with Crippen molar-refractivity contribution in [1.82, 2.24) is 4.90 Å². The van der Waals surface area contributed by atoms with Gasteiger partial charge < -0.3 is 15.2 Å². The molecule has 5 nitrogen and oxygen atoms in total. The van der Waals surface area contributed by atoms with Crippen LogP contribution < -0.4 is 10.1 Å². The highest BCUT2D eigenvalue weighted by Crippen LogP contribution is 2.49. The summed E-state index contributed by atoms with van der Waals surface area (Å²) in [5.74, 6) is 0.947. The van der Waals surface area contributed by atoms with Crippen molar-refractivity contribution in [2.45, 2.75) is 57.6 Å². The van der Waals surface area contributed by atoms with Crippen molar-refractivity contribution in [2.24, 2.45) is 5.92 Å². The number of piperidine rings is 1. The summed E-state index contributed by atoms with van der Waals surface area (Å²) in [6.45, 7) is 5.07. The lowest BCUT2D eigenvalue weighted by Crippen LogP contribution is -2.56. The van der Waals surface area contributed by atoms with E-state index >= 15 is 0 Å². The smallest absolute Gasteiger partial charge is 0.238 e. The second-order valence-electron chi connectivity index (χ2n) is 9.26. The van der Waals surface area contributed by atoms with Gasteiger partial charge in [0.15, 0.2) is 0 Å². The predicted octanol–water partition coefficient (Wildman–Crippen LogP) is 4.62. The molecule has 5 heteroatoms. The fourth-order valence-corrected chi connectivity index (χ4v) is 5.41. The number of hydrogen-bond acceptors (Lipinski definition) is 4. The summed E-state index contributed by atoms with van der Waals surface area (Å²) >= 11 is 0. The van der Waals surface area contributed by atoms with Crippen molar-refractivity contribution in [1.29, 1.82) is 0 Å². The number of aliphatic hydroxyl groups is 1. The van der Waals surface area contributed by atoms with Crippen molar-refractivity contribution in [3.05, 3.63) is 59.2 Å². The number of ether oxygens (including phenoxy) is 1. The van der Waals surface area contributed by atoms with Crippen LogP contribution in [-0.4, -0.2) is 41.7 Å². The molecule has 1 saturated heterocycles. The Morgan fingerprint density at radius 1 is 1.16 bits per heavy atom. The Morgan fingerprint density at radius 3 is 2.68 bits per heavy atom. The Balaban J connectivity index is 1.58. The Bertz CT molecular complexity index is 927. The summed E-state index contributed by atoms with van der Waals surface area (Å²) in [7, 11) is 1.67. The summed E-state index contributed by atoms with van der Waals surface area (Å²) in [4.78, 5) is 15.3. The van der Waals surface area contributed by atoms with Crippen LogP contribution in [0.5, 0.6) is 5.75 Å². The van der Waals surface area contributed by atoms with Gasteiger partial charge in [-0.15, -0.1) is 0 Å². The minimum atomic E-state index is -0.636. The molecule has 0 aromatic heterocycles. The van der Waals surface area contributed by atoms with E-state index in [4.69, 9.17) is 4.74 Å². The van der Waals surface area contributed by atoms with Crippen LogP contribution in [0.15, 0.2) is 42.5 Å². The average molecular weight is 423 g/mol. The molecule has 1 heterocycles. The van der Waals surface area contributed by atoms with Crippen LogP contribution in [0.25, 0.3) is 0 Å². The number of anilines is 1. The first-order valence-corrected chi connectivity index (χ1v) is 11.4. The maximum atomic E-state index is 13.0. The number of hydrogen-bond donors (Lipinski definition) is 2. The van der Waals surface area contributed by atoms with E-state index in [-0.39, 0.29) is 17.9 Å². The molecule has 0 spiro atoms. The summed E-state index contributed by atoms with van der Waals surface area (Å²) in [5, 5.41) is 14.5. The van der Waals surface area contributed by atoms with Crippen molar-refractivity contribution in [3.8, 4) is 5.75 Å². The number of nitrogens with one attached hydrogen (secondary N) is 1. The van der Waals surface area contributed by atoms with Gasteiger partial charge in [0, 0.05) is 24.2 Å². The largest absolute Gasteiger partial charge is 0.497 e. The number of amides is 1. The van der Waals surface area contributed by atoms with Gasteiger partial charge in [-0.1, -0.05) is 37.1 Å². The zero-order valence-corrected chi connectivity index (χ0v) is 18.9. The molecular formula is C26H34N2O3. The van der Waals surface area contributed by atoms with Crippen LogP contribution in [0.4, 0.5) is 5.69 Å². The Morgan fingerprint density at radius 2 is 1.94 bits per heavy atom. The normalized spacial score (nSPS) is 26.2. The molecule has 1 saturated carbocycles. The highest BCUT2D eigenvalue weighted by atomic mass is 16.5. The average Bonchev–Trinajstić information content (AvgIpc) is 2.76. The third-order valence-corrected chi connectivity index (χ3v) is 7.14. The Labute approximate surface area is 185 Å². The number of carbonyl (C=O) groups excluding carboxylic acids is 1. The van der Waals surface area contributed by atoms with E-state index < -0.39 is 5.60 Å². The number of carbonyl (C=O) groups is 1. The minimum absolute atomic E-state index is 0.00605. The maximum Gasteiger partial charge on any atom is 0.238 e. The molecule has 1 aliphatic heterocycles. The summed E-state index contributed by atoms with van der Waals surface area (Å²) in [6.07, 6.45) is 4.77. The van der Waals surface area contributed by atoms with E-state index in [1.807, 2.05) is 38.1 Å². The Hall–Kier alpha value is -2.37. The fourth-order valence-electron chi connectivity index (χ4n) is 5.41. The van der Waals surface area contributed by atoms with Gasteiger partial charge in [0.05, 0.1) is 19.3 Å². The minimum Gasteiger partial charge on any atom is -0.497 e. The Kier molecular flexibility index (Phi) is 6.35. The number of methoxy groups -OCH3 is 1. The molecule has 2 aromatic carbocycles. The second kappa shape index (κ2) is 9.01. The number of nitrogens with zero attached hydrogens (tertiary/aromatic N) is 1. The fraction of sp³-hybridized carbons (Fsp3) is 0.500. The lowest BCUT2D eigenvalue weighted by Gasteiger charge is -2.52. The SMILES string of the molecule is COc1ccc([C@@H]2[C@H]3CCCC[C@@]3(O)CCN2CC(=O)Nc2cc(C)ccc2C)cc1. The van der Waals surface area contributed by atoms with Gasteiger partial charge >= 0.3 is 0 Å². The van der Waals surface area contributed by atoms with Gasteiger partial charge in [0.2, 0.25) is 5.91 Å². The number of benzene rings is 2. The van der Waals surface area contributed by atoms with Crippen molar-refractivity contribution in [3.63, 3.8) is 0 Å². The van der Waals surface area contributed by atoms with E-state index in [0.29, 0.717) is 13.1 Å². The third-order valence-electron chi connectivity index (χ3n) is 7.14. The molecule has 2 N–H and O–H groups in total. The van der Waals surface area contributed by atoms with Gasteiger partial charge in [-0.05, 0) is 68.0 Å². The van der Waals surface area contributed by atoms with Gasteiger partial charge in [-0.2, -0.15) is 0 Å². The van der Waals surface area contributed by atoms with Crippen LogP contribution in [0.3, 0.4) is 0 Å². The molecule has 3 atom stereocenters. The van der Waals surface area contributed by atoms with Crippen LogP contribution >= 0.6 is 0 Å². The second-order valence-corrected chi connectivity index (χ2v) is 9.26. The first-order chi connectivity index (χ1) is 14.9. The van der Waals surface area contributed by atoms with Gasteiger partial charge in [0.25, 0.3) is 0 Å². The number of fused-ring (bicyclic) bond motifs is 1. The maximum absolute atomic E-state index is 13.0. The monoisotopic (exact) mass is 422 g/mol. The highest BCUT2D eigenvalue weighted by Gasteiger charge is 2.49. The quantitative estimate of drug-likeness (QED) is 0.738. The molecule has 0 radical (unpaired) electrons. The highest BCUT2D eigenvalue weighted by molar-refractivity contribution is 5.93. The summed E-state index contributed by atoms with van der Waals surface area (Å²) in [6, 6.07) is 14.2. The van der Waals surface area contributed by atoms with E-state index in [1.54, 1.807) is 7.11 Å². The zero-order chi connectivity index (χ0) is 22.0. The predicted molar refractivity (Wildman–Crippen MR) is 123 cm³/mol. The number of rotatable bonds is 5. The summed E-state index contributed by atoms with van der Waals surface area (Å²) in [5.41, 5.74) is 3.57. The van der Waals surface area contributed by atoms with Crippen LogP contribution in [-0.2, 0) is 4.79 Å². The molecule has 0 bridgehead atoms. The molecule has 31 heavy (non-hydrogen) atoms. The molecule has 2 aromatic rings. The van der Waals surface area contributed by atoms with Gasteiger partial charge in [-0.25, -0.2) is 0 Å². The van der Waals surface area contributed by atoms with E-state index in [1.165, 1.54) is 0 Å². The number of likely N-dealkylation sites (tertiary alicyclic amines) is 1. The molecular weight excluding hydrogens is 388 g/mol. The topological polar surface area (TPSA) is 61.8 Å². The molecule has 4 rings (SSSR count). The molecule has 0 unspecified atom stereocenters. The molecule has 166 valence electrons. The lowest BCUT2D eigenvalue weighted by atomic mass is 9.66. The van der Waals surface area contributed by atoms with Gasteiger partial charge in [-0.3, -0.25) is 9.69 Å². The summed E-state index contributed by atoms with van der Waals surface area (Å²) < 4.78 is 5.33. The first kappa shape index (κ1) is 21.8. The lowest BCUT2D eigenvalue weighted by molar-refractivity contribution is -0.135. The molecule has 1 amide bonds. The van der Waals surface area contributed by atoms with Gasteiger partial charge in [0.1, 0.15) is 5.75 Å². The van der Waals surface area contributed by atoms with Crippen molar-refractivity contribution < 1.29 is 14.6 Å². The van der Waals surface area contributed by atoms with Crippen molar-refractivity contribution in [2.75, 3.05) is 25.5 Å². The molecule has 2 fully saturated rings. The van der Waals surface area contributed by atoms with E-state index in [2.05, 4.69) is 28.4 Å². The van der Waals surface area contributed by atoms with Crippen molar-refractivity contribution >= 4 is 11.6 Å². The van der Waals surface area contributed by atoms with Crippen LogP contribution in [0.1, 0.15) is 54.8 Å². The first-order valence-electron chi connectivity index (χ1n) is 11.4. The van der Waals surface area contributed by atoms with Crippen LogP contribution in [0, 0.1) is 19.8 Å².